The number of carbonyl (C=O) groups excluding carboxylic acids is 1. The number of ketones is 1. The van der Waals surface area contributed by atoms with E-state index in [0.717, 1.165) is 11.1 Å². The van der Waals surface area contributed by atoms with Crippen LogP contribution in [0.5, 0.6) is 0 Å². The number of hydrogen-bond acceptors (Lipinski definition) is 3. The van der Waals surface area contributed by atoms with Crippen LogP contribution in [-0.2, 0) is 0 Å². The Morgan fingerprint density at radius 3 is 2.14 bits per heavy atom. The quantitative estimate of drug-likeness (QED) is 0.589. The third-order valence-electron chi connectivity index (χ3n) is 2.62. The molecule has 3 aromatic rings. The third kappa shape index (κ3) is 5.24. The monoisotopic (exact) mass is 277 g/mol. The maximum absolute atomic E-state index is 11.7. The third-order valence-corrected chi connectivity index (χ3v) is 2.62. The van der Waals surface area contributed by atoms with Crippen molar-refractivity contribution in [1.29, 1.82) is 0 Å². The summed E-state index contributed by atoms with van der Waals surface area (Å²) in [6.45, 7) is 0. The van der Waals surface area contributed by atoms with Gasteiger partial charge in [0.05, 0.1) is 6.20 Å². The summed E-state index contributed by atoms with van der Waals surface area (Å²) in [6.07, 6.45) is 6.67. The van der Waals surface area contributed by atoms with Crippen LogP contribution < -0.4 is 0 Å². The van der Waals surface area contributed by atoms with Gasteiger partial charge in [0.1, 0.15) is 0 Å². The van der Waals surface area contributed by atoms with Crippen LogP contribution in [0.15, 0.2) is 79.1 Å². The Morgan fingerprint density at radius 1 is 0.952 bits per heavy atom. The standard InChI is InChI=1S/C15H12O.C2H3N3/c16-15(14-9-5-2-6-10-14)12-11-13-7-3-1-4-8-13;1-2-4-5-3-1/h1-12H;1-2H,(H,3,4,5). The number of rotatable bonds is 3. The van der Waals surface area contributed by atoms with Gasteiger partial charge in [-0.3, -0.25) is 9.89 Å². The van der Waals surface area contributed by atoms with Gasteiger partial charge < -0.3 is 0 Å². The van der Waals surface area contributed by atoms with Crippen LogP contribution in [0.25, 0.3) is 6.08 Å². The minimum Gasteiger partial charge on any atom is -0.289 e. The number of carbonyl (C=O) groups is 1. The summed E-state index contributed by atoms with van der Waals surface area (Å²) in [5.41, 5.74) is 1.75. The molecule has 1 N–H and O–H groups in total. The molecule has 1 heterocycles. The number of aromatic nitrogens is 3. The van der Waals surface area contributed by atoms with E-state index in [4.69, 9.17) is 0 Å². The minimum atomic E-state index is 0.0319. The molecule has 0 amide bonds. The van der Waals surface area contributed by atoms with E-state index in [-0.39, 0.29) is 5.78 Å². The molecule has 0 aliphatic heterocycles. The molecule has 0 saturated heterocycles. The van der Waals surface area contributed by atoms with E-state index in [0.29, 0.717) is 0 Å². The van der Waals surface area contributed by atoms with Gasteiger partial charge in [-0.25, -0.2) is 0 Å². The Labute approximate surface area is 123 Å². The second-order valence-corrected chi connectivity index (χ2v) is 4.13. The smallest absolute Gasteiger partial charge is 0.185 e. The lowest BCUT2D eigenvalue weighted by Crippen LogP contribution is -1.92. The summed E-state index contributed by atoms with van der Waals surface area (Å²) in [5, 5.41) is 9.26. The molecule has 2 aromatic carbocycles. The Bertz CT molecular complexity index is 645. The molecule has 0 unspecified atom stereocenters. The van der Waals surface area contributed by atoms with Crippen molar-refractivity contribution in [3.8, 4) is 0 Å². The number of nitrogens with zero attached hydrogens (tertiary/aromatic N) is 2. The summed E-state index contributed by atoms with van der Waals surface area (Å²) in [4.78, 5) is 11.7. The van der Waals surface area contributed by atoms with Crippen LogP contribution >= 0.6 is 0 Å². The average molecular weight is 277 g/mol. The SMILES string of the molecule is O=C(C=Cc1ccccc1)c1ccccc1.c1c[nH]nn1. The largest absolute Gasteiger partial charge is 0.289 e. The molecular formula is C17H15N3O. The number of nitrogens with one attached hydrogen (secondary N) is 1. The lowest BCUT2D eigenvalue weighted by molar-refractivity contribution is 0.104. The van der Waals surface area contributed by atoms with Crippen LogP contribution in [0, 0.1) is 0 Å². The molecule has 21 heavy (non-hydrogen) atoms. The number of hydrogen-bond donors (Lipinski definition) is 1. The fourth-order valence-electron chi connectivity index (χ4n) is 1.60. The van der Waals surface area contributed by atoms with Gasteiger partial charge in [0.25, 0.3) is 0 Å². The Hall–Kier alpha value is -3.01. The average Bonchev–Trinajstić information content (AvgIpc) is 3.14. The van der Waals surface area contributed by atoms with Gasteiger partial charge in [0, 0.05) is 11.8 Å². The van der Waals surface area contributed by atoms with Crippen molar-refractivity contribution in [1.82, 2.24) is 15.4 Å². The number of benzene rings is 2. The first-order valence-electron chi connectivity index (χ1n) is 6.49. The van der Waals surface area contributed by atoms with Gasteiger partial charge >= 0.3 is 0 Å². The van der Waals surface area contributed by atoms with Gasteiger partial charge in [0.15, 0.2) is 5.78 Å². The first-order chi connectivity index (χ1) is 10.4. The zero-order valence-electron chi connectivity index (χ0n) is 11.4. The highest BCUT2D eigenvalue weighted by Gasteiger charge is 1.98. The van der Waals surface area contributed by atoms with E-state index in [1.165, 1.54) is 0 Å². The van der Waals surface area contributed by atoms with E-state index in [1.54, 1.807) is 18.5 Å². The lowest BCUT2D eigenvalue weighted by Gasteiger charge is -1.94. The highest BCUT2D eigenvalue weighted by atomic mass is 16.1. The van der Waals surface area contributed by atoms with E-state index in [1.807, 2.05) is 66.7 Å². The first kappa shape index (κ1) is 14.4. The van der Waals surface area contributed by atoms with Crippen molar-refractivity contribution in [3.05, 3.63) is 90.3 Å². The van der Waals surface area contributed by atoms with Crippen molar-refractivity contribution in [3.63, 3.8) is 0 Å². The normalized spacial score (nSPS) is 9.90. The number of H-pyrrole nitrogens is 1. The molecule has 0 aliphatic carbocycles. The predicted molar refractivity (Wildman–Crippen MR) is 82.6 cm³/mol. The van der Waals surface area contributed by atoms with Crippen molar-refractivity contribution in [2.75, 3.05) is 0 Å². The molecule has 104 valence electrons. The maximum atomic E-state index is 11.7. The molecule has 4 nitrogen and oxygen atoms in total. The number of allylic oxidation sites excluding steroid dienone is 1. The highest BCUT2D eigenvalue weighted by molar-refractivity contribution is 6.06. The fourth-order valence-corrected chi connectivity index (χ4v) is 1.60. The van der Waals surface area contributed by atoms with Crippen molar-refractivity contribution < 1.29 is 4.79 Å². The number of aromatic amines is 1. The van der Waals surface area contributed by atoms with Crippen molar-refractivity contribution in [2.24, 2.45) is 0 Å². The molecule has 0 atom stereocenters. The van der Waals surface area contributed by atoms with E-state index in [2.05, 4.69) is 15.4 Å². The first-order valence-corrected chi connectivity index (χ1v) is 6.49. The molecule has 4 heteroatoms. The topological polar surface area (TPSA) is 58.6 Å². The highest BCUT2D eigenvalue weighted by Crippen LogP contribution is 2.05. The molecular weight excluding hydrogens is 262 g/mol. The fraction of sp³-hybridized carbons (Fsp3) is 0. The second-order valence-electron chi connectivity index (χ2n) is 4.13. The van der Waals surface area contributed by atoms with E-state index >= 15 is 0 Å². The van der Waals surface area contributed by atoms with Gasteiger partial charge in [-0.1, -0.05) is 72.0 Å². The zero-order chi connectivity index (χ0) is 14.8. The summed E-state index contributed by atoms with van der Waals surface area (Å²) in [7, 11) is 0. The van der Waals surface area contributed by atoms with Gasteiger partial charge in [-0.15, -0.1) is 5.10 Å². The van der Waals surface area contributed by atoms with E-state index in [9.17, 15) is 4.79 Å². The van der Waals surface area contributed by atoms with Gasteiger partial charge in [0.2, 0.25) is 0 Å². The van der Waals surface area contributed by atoms with Crippen LogP contribution in [-0.4, -0.2) is 21.2 Å². The predicted octanol–water partition coefficient (Wildman–Crippen LogP) is 3.39. The van der Waals surface area contributed by atoms with Crippen LogP contribution in [0.4, 0.5) is 0 Å². The molecule has 3 rings (SSSR count). The Kier molecular flexibility index (Phi) is 5.64. The molecule has 0 bridgehead atoms. The van der Waals surface area contributed by atoms with Crippen LogP contribution in [0.1, 0.15) is 15.9 Å². The summed E-state index contributed by atoms with van der Waals surface area (Å²) in [6, 6.07) is 19.1. The maximum Gasteiger partial charge on any atom is 0.185 e. The molecule has 0 radical (unpaired) electrons. The molecule has 0 saturated carbocycles. The Morgan fingerprint density at radius 2 is 1.62 bits per heavy atom. The Balaban J connectivity index is 0.000000272. The molecule has 1 aromatic heterocycles. The zero-order valence-corrected chi connectivity index (χ0v) is 11.4. The van der Waals surface area contributed by atoms with E-state index < -0.39 is 0 Å². The van der Waals surface area contributed by atoms with Crippen molar-refractivity contribution >= 4 is 11.9 Å². The summed E-state index contributed by atoms with van der Waals surface area (Å²) >= 11 is 0. The van der Waals surface area contributed by atoms with Crippen LogP contribution in [0.2, 0.25) is 0 Å². The van der Waals surface area contributed by atoms with Crippen LogP contribution in [0.3, 0.4) is 0 Å². The minimum absolute atomic E-state index is 0.0319. The van der Waals surface area contributed by atoms with Gasteiger partial charge in [-0.2, -0.15) is 0 Å². The summed E-state index contributed by atoms with van der Waals surface area (Å²) in [5.74, 6) is 0.0319. The molecule has 0 fully saturated rings. The van der Waals surface area contributed by atoms with Crippen molar-refractivity contribution in [2.45, 2.75) is 0 Å². The summed E-state index contributed by atoms with van der Waals surface area (Å²) < 4.78 is 0. The lowest BCUT2D eigenvalue weighted by atomic mass is 10.1. The second kappa shape index (κ2) is 8.22. The molecule has 0 aliphatic rings. The molecule has 0 spiro atoms. The van der Waals surface area contributed by atoms with Gasteiger partial charge in [-0.05, 0) is 11.6 Å².